The van der Waals surface area contributed by atoms with Crippen molar-refractivity contribution >= 4 is 113 Å². The van der Waals surface area contributed by atoms with E-state index in [4.69, 9.17) is 47.3 Å². The first-order valence-corrected chi connectivity index (χ1v) is 62.6. The zero-order valence-corrected chi connectivity index (χ0v) is 85.6. The van der Waals surface area contributed by atoms with Gasteiger partial charge in [-0.1, -0.05) is 202 Å². The number of nitrogens with one attached hydrogen (secondary N) is 3. The number of para-hydroxylation sites is 4. The molecule has 0 fully saturated rings. The normalized spacial score (nSPS) is 12.8. The summed E-state index contributed by atoms with van der Waals surface area (Å²) in [5, 5.41) is 16.4. The number of rotatable bonds is 35. The summed E-state index contributed by atoms with van der Waals surface area (Å²) in [4.78, 5) is 109. The first kappa shape index (κ1) is 103. The zero-order valence-electron chi connectivity index (χ0n) is 80.6. The Morgan fingerprint density at radius 1 is 0.507 bits per heavy atom. The van der Waals surface area contributed by atoms with E-state index in [1.807, 2.05) is 30.3 Å². The van der Waals surface area contributed by atoms with E-state index in [0.717, 1.165) is 54.5 Å². The average molecular weight is 1920 g/mol. The molecular weight excluding hydrogens is 1790 g/mol. The number of carbonyl (C=O) groups excluding carboxylic acids is 2. The Hall–Kier alpha value is -11.2. The van der Waals surface area contributed by atoms with Crippen molar-refractivity contribution in [1.82, 2.24) is 49.3 Å². The molecule has 13 rings (SSSR count). The molecule has 0 aliphatic carbocycles. The SMILES string of the molecule is CC(C)(C)OC(=O)NN(CCCCCO[Si](c1ccccc1)(c1ccccc1)C(C)(C)C)C(=O)c1cccc(-c2nc3c(OCOCC[Si](C)(C)C)cccc3n(COCC[Si](C)(C)C)c2=O)c1F.C[Si](C)(C)CCOCOc1cccc2c1nc(-c1cccc(C(=O)O)c1F)c(=O)n2COCC[Si](C)(C)C.O=c1[nH]c2cccc3c2nc1-c1cccc2c(=O)n([nH]c12)CCCCCO3. The molecule has 0 unspecified atom stereocenters. The first-order chi connectivity index (χ1) is 63.4. The number of halogens is 2. The van der Waals surface area contributed by atoms with Gasteiger partial charge in [0.1, 0.15) is 81.6 Å². The number of H-pyrrole nitrogens is 2. The molecule has 34 heteroatoms. The summed E-state index contributed by atoms with van der Waals surface area (Å²) in [7, 11) is -8.17. The third-order valence-corrected chi connectivity index (χ3v) is 34.4. The number of ether oxygens (including phenoxy) is 8. The molecule has 1 aliphatic heterocycles. The maximum atomic E-state index is 17.1. The van der Waals surface area contributed by atoms with Crippen LogP contribution in [-0.4, -0.2) is 173 Å². The van der Waals surface area contributed by atoms with E-state index in [9.17, 15) is 38.7 Å². The average Bonchev–Trinajstić information content (AvgIpc) is 0.875. The third kappa shape index (κ3) is 27.3. The molecule has 5 heterocycles. The fourth-order valence-electron chi connectivity index (χ4n) is 15.2. The second kappa shape index (κ2) is 45.4. The van der Waals surface area contributed by atoms with Gasteiger partial charge < -0.3 is 52.4 Å². The summed E-state index contributed by atoms with van der Waals surface area (Å²) in [5.74, 6) is -2.89. The lowest BCUT2D eigenvalue weighted by atomic mass is 10.1. The lowest BCUT2D eigenvalue weighted by Crippen LogP contribution is -2.66. The standard InChI is InChI=1S/C53H75FN4O8Si3.C27H37FN2O6Si2.C20H18N4O3/c1-52(2,3)66-51(61)56-58(32-20-15-21-33-65-69(53(4,5)6,40-24-16-13-17-25-40)41-26-18-14-19-27-41)49(59)43-29-22-28-42(46(43)54)47-50(60)57(38-62-34-36-67(7,8)9)44-30-23-31-45(48(44)55-47)64-39-63-35-37-68(10,11)12;1-37(2,3)15-13-34-17-30-21-11-8-12-22(36-18-35-14-16-38(4,5)6)25(21)29-24(26(30)31)19-9-7-10-20(23(19)28)27(32)33;25-19-17-12-6-4-7-13-16(12)23-24(20(13)26)10-2-1-3-11-27-15-9-5-8-14(21-19)18(15)22-17/h13-14,16-19,22-31H,15,20-21,32-39H2,1-12H3,(H,56,61);7-12H,13-18H2,1-6H3,(H,32,33);4-9,23H,1-3,10-11H2,(H,21,25). The molecule has 0 radical (unpaired) electrons. The van der Waals surface area contributed by atoms with Gasteiger partial charge >= 0.3 is 12.1 Å². The van der Waals surface area contributed by atoms with Crippen LogP contribution in [0.4, 0.5) is 13.6 Å². The van der Waals surface area contributed by atoms with Crippen LogP contribution in [0, 0.1) is 11.6 Å². The lowest BCUT2D eigenvalue weighted by molar-refractivity contribution is 0.0226. The lowest BCUT2D eigenvalue weighted by Gasteiger charge is -2.43. The minimum absolute atomic E-state index is 0.00466. The third-order valence-electron chi connectivity index (χ3n) is 22.5. The second-order valence-corrected chi connectivity index (χ2v) is 67.1. The number of carboxylic acid groups (broad SMARTS) is 1. The highest BCUT2D eigenvalue weighted by molar-refractivity contribution is 6.99. The largest absolute Gasteiger partial charge is 0.491 e. The van der Waals surface area contributed by atoms with Crippen LogP contribution in [-0.2, 0) is 48.1 Å². The van der Waals surface area contributed by atoms with Gasteiger partial charge in [-0.05, 0) is 166 Å². The van der Waals surface area contributed by atoms with E-state index >= 15 is 8.78 Å². The Morgan fingerprint density at radius 2 is 0.985 bits per heavy atom. The number of aromatic amines is 2. The van der Waals surface area contributed by atoms with Gasteiger partial charge in [-0.3, -0.25) is 42.9 Å². The number of unbranched alkanes of at least 4 members (excludes halogenated alkanes) is 2. The van der Waals surface area contributed by atoms with Gasteiger partial charge in [-0.25, -0.2) is 43.8 Å². The van der Waals surface area contributed by atoms with Gasteiger partial charge in [0.05, 0.1) is 45.2 Å². The van der Waals surface area contributed by atoms with Crippen molar-refractivity contribution in [3.8, 4) is 51.0 Å². The van der Waals surface area contributed by atoms with Crippen LogP contribution in [0.5, 0.6) is 17.2 Å². The molecule has 8 aromatic carbocycles. The predicted octanol–water partition coefficient (Wildman–Crippen LogP) is 19.5. The summed E-state index contributed by atoms with van der Waals surface area (Å²) in [6.07, 6.45) is 3.59. The molecule has 0 saturated heterocycles. The van der Waals surface area contributed by atoms with Gasteiger partial charge in [0, 0.05) is 95.1 Å². The monoisotopic (exact) mass is 1920 g/mol. The molecule has 27 nitrogen and oxygen atoms in total. The van der Waals surface area contributed by atoms with Gasteiger partial charge in [0.25, 0.3) is 36.5 Å². The molecule has 0 atom stereocenters. The van der Waals surface area contributed by atoms with Crippen LogP contribution in [0.3, 0.4) is 0 Å². The second-order valence-electron chi connectivity index (χ2n) is 40.3. The molecule has 134 heavy (non-hydrogen) atoms. The number of hydrogen-bond donors (Lipinski definition) is 4. The summed E-state index contributed by atoms with van der Waals surface area (Å²) >= 11 is 0. The van der Waals surface area contributed by atoms with Crippen LogP contribution >= 0.6 is 0 Å². The number of nitrogens with zero attached hydrogens (tertiary/aromatic N) is 7. The maximum absolute atomic E-state index is 17.1. The minimum atomic E-state index is -2.76. The fraction of sp³-hybridized carbons (Fsp3) is 0.420. The summed E-state index contributed by atoms with van der Waals surface area (Å²) in [6.45, 7) is 42.3. The van der Waals surface area contributed by atoms with Gasteiger partial charge in [-0.15, -0.1) is 0 Å². The molecule has 1 aliphatic rings. The number of aromatic carboxylic acids is 1. The molecule has 4 aromatic heterocycles. The highest BCUT2D eigenvalue weighted by Crippen LogP contribution is 2.38. The summed E-state index contributed by atoms with van der Waals surface area (Å²) < 4.78 is 90.7. The number of aromatic nitrogens is 8. The Balaban J connectivity index is 0.000000220. The van der Waals surface area contributed by atoms with Crippen molar-refractivity contribution in [2.75, 3.05) is 59.8 Å². The predicted molar refractivity (Wildman–Crippen MR) is 538 cm³/mol. The fourth-order valence-corrected chi connectivity index (χ4v) is 22.8. The molecule has 2 amide bonds. The summed E-state index contributed by atoms with van der Waals surface area (Å²) in [5.41, 5.74) is 2.68. The Kier molecular flexibility index (Phi) is 35.0. The summed E-state index contributed by atoms with van der Waals surface area (Å²) in [6, 6.07) is 54.0. The molecular formula is C100H130F2N10O17Si5. The van der Waals surface area contributed by atoms with E-state index in [-0.39, 0.29) is 83.5 Å². The number of aryl methyl sites for hydroxylation is 1. The Labute approximate surface area is 786 Å². The molecule has 0 saturated carbocycles. The van der Waals surface area contributed by atoms with Crippen LogP contribution < -0.4 is 52.2 Å². The molecule has 4 bridgehead atoms. The topological polar surface area (TPSA) is 323 Å². The molecule has 4 N–H and O–H groups in total. The van der Waals surface area contributed by atoms with E-state index in [2.05, 4.69) is 173 Å². The minimum Gasteiger partial charge on any atom is -0.491 e. The smallest absolute Gasteiger partial charge is 0.426 e. The first-order valence-electron chi connectivity index (χ1n) is 45.8. The van der Waals surface area contributed by atoms with Crippen molar-refractivity contribution in [3.63, 3.8) is 0 Å². The Bertz CT molecular complexity index is 6300. The molecule has 0 spiro atoms. The number of hydrogen-bond acceptors (Lipinski definition) is 19. The number of carbonyl (C=O) groups is 3. The number of benzene rings is 8. The van der Waals surface area contributed by atoms with E-state index in [1.54, 1.807) is 80.1 Å². The van der Waals surface area contributed by atoms with Crippen LogP contribution in [0.1, 0.15) is 101 Å². The van der Waals surface area contributed by atoms with Crippen molar-refractivity contribution in [1.29, 1.82) is 0 Å². The maximum Gasteiger partial charge on any atom is 0.426 e. The van der Waals surface area contributed by atoms with Crippen LogP contribution in [0.2, 0.25) is 108 Å². The molecule has 12 aromatic rings. The molecule has 716 valence electrons. The number of hydrazine groups is 1. The zero-order chi connectivity index (χ0) is 97.1. The van der Waals surface area contributed by atoms with E-state index in [0.29, 0.717) is 132 Å². The van der Waals surface area contributed by atoms with E-state index < -0.39 is 92.5 Å². The van der Waals surface area contributed by atoms with Gasteiger partial charge in [0.2, 0.25) is 0 Å². The van der Waals surface area contributed by atoms with Crippen LogP contribution in [0.15, 0.2) is 189 Å². The van der Waals surface area contributed by atoms with Gasteiger partial charge in [0.15, 0.2) is 13.6 Å². The quantitative estimate of drug-likeness (QED) is 0.0124. The highest BCUT2D eigenvalue weighted by atomic mass is 28.4. The number of carboxylic acids is 1. The van der Waals surface area contributed by atoms with E-state index in [1.165, 1.54) is 49.8 Å². The van der Waals surface area contributed by atoms with Crippen molar-refractivity contribution < 1.29 is 70.6 Å². The number of amides is 2. The highest BCUT2D eigenvalue weighted by Gasteiger charge is 2.50. The van der Waals surface area contributed by atoms with Gasteiger partial charge in [-0.2, -0.15) is 0 Å². The van der Waals surface area contributed by atoms with Crippen molar-refractivity contribution in [2.24, 2.45) is 0 Å². The number of fused-ring (bicyclic) bond motifs is 5. The Morgan fingerprint density at radius 3 is 1.49 bits per heavy atom. The van der Waals surface area contributed by atoms with Crippen LogP contribution in [0.25, 0.3) is 77.8 Å². The van der Waals surface area contributed by atoms with Crippen molar-refractivity contribution in [2.45, 2.75) is 213 Å². The van der Waals surface area contributed by atoms with Crippen molar-refractivity contribution in [3.05, 3.63) is 234 Å².